The lowest BCUT2D eigenvalue weighted by atomic mass is 10.0. The highest BCUT2D eigenvalue weighted by Gasteiger charge is 2.21. The molecule has 0 saturated carbocycles. The molecule has 2 aromatic rings. The fourth-order valence-electron chi connectivity index (χ4n) is 2.15. The van der Waals surface area contributed by atoms with Crippen LogP contribution in [0.1, 0.15) is 36.2 Å². The van der Waals surface area contributed by atoms with Crippen LogP contribution in [0.25, 0.3) is 0 Å². The van der Waals surface area contributed by atoms with E-state index in [-0.39, 0.29) is 6.04 Å². The molecule has 0 saturated heterocycles. The Kier molecular flexibility index (Phi) is 5.35. The van der Waals surface area contributed by atoms with Gasteiger partial charge in [-0.1, -0.05) is 40.2 Å². The minimum Gasteiger partial charge on any atom is -0.305 e. The summed E-state index contributed by atoms with van der Waals surface area (Å²) < 4.78 is 3.72. The Hall–Kier alpha value is -0.720. The Bertz CT molecular complexity index is 575. The van der Waals surface area contributed by atoms with Crippen LogP contribution in [0.15, 0.2) is 27.3 Å². The number of rotatable bonds is 5. The normalized spacial score (nSPS) is 12.7. The molecule has 1 aromatic carbocycles. The monoisotopic (exact) mass is 400 g/mol. The van der Waals surface area contributed by atoms with Gasteiger partial charge < -0.3 is 5.32 Å². The maximum atomic E-state index is 4.09. The number of aryl methyl sites for hydroxylation is 2. The molecule has 0 aliphatic carbocycles. The minimum absolute atomic E-state index is 0.0797. The highest BCUT2D eigenvalue weighted by molar-refractivity contribution is 9.10. The van der Waals surface area contributed by atoms with Crippen LogP contribution in [0.3, 0.4) is 0 Å². The van der Waals surface area contributed by atoms with Crippen molar-refractivity contribution in [3.8, 4) is 0 Å². The van der Waals surface area contributed by atoms with Gasteiger partial charge in [-0.05, 0) is 53.0 Å². The lowest BCUT2D eigenvalue weighted by Gasteiger charge is -2.20. The van der Waals surface area contributed by atoms with Crippen molar-refractivity contribution in [1.82, 2.24) is 20.3 Å². The highest BCUT2D eigenvalue weighted by atomic mass is 79.9. The first kappa shape index (κ1) is 15.7. The van der Waals surface area contributed by atoms with Gasteiger partial charge in [-0.15, -0.1) is 5.10 Å². The first-order chi connectivity index (χ1) is 9.54. The number of aromatic nitrogens is 3. The van der Waals surface area contributed by atoms with Gasteiger partial charge in [0.2, 0.25) is 0 Å². The first-order valence-corrected chi connectivity index (χ1v) is 8.17. The third-order valence-electron chi connectivity index (χ3n) is 3.21. The summed E-state index contributed by atoms with van der Waals surface area (Å²) in [5.41, 5.74) is 3.47. The molecule has 20 heavy (non-hydrogen) atoms. The van der Waals surface area contributed by atoms with Crippen LogP contribution in [-0.2, 0) is 7.05 Å². The van der Waals surface area contributed by atoms with E-state index in [4.69, 9.17) is 0 Å². The van der Waals surface area contributed by atoms with Crippen molar-refractivity contribution in [3.05, 3.63) is 44.1 Å². The summed E-state index contributed by atoms with van der Waals surface area (Å²) in [7, 11) is 1.92. The van der Waals surface area contributed by atoms with E-state index < -0.39 is 0 Å². The molecule has 1 aromatic heterocycles. The standard InChI is InChI=1S/C14H18Br2N4/c1-4-7-17-12(13-14(16)18-19-20(13)3)10-5-6-11(15)9(2)8-10/h5-6,8,12,17H,4,7H2,1-3H3. The zero-order valence-corrected chi connectivity index (χ0v) is 15.0. The predicted octanol–water partition coefficient (Wildman–Crippen LogP) is 3.74. The molecule has 0 amide bonds. The second kappa shape index (κ2) is 6.83. The quantitative estimate of drug-likeness (QED) is 0.829. The molecular weight excluding hydrogens is 384 g/mol. The molecule has 0 fully saturated rings. The van der Waals surface area contributed by atoms with Crippen molar-refractivity contribution in [2.75, 3.05) is 6.54 Å². The molecule has 108 valence electrons. The zero-order valence-electron chi connectivity index (χ0n) is 11.8. The first-order valence-electron chi connectivity index (χ1n) is 6.59. The van der Waals surface area contributed by atoms with Gasteiger partial charge in [-0.25, -0.2) is 4.68 Å². The molecule has 0 radical (unpaired) electrons. The van der Waals surface area contributed by atoms with Gasteiger partial charge in [0.05, 0.1) is 11.7 Å². The molecule has 4 nitrogen and oxygen atoms in total. The largest absolute Gasteiger partial charge is 0.305 e. The van der Waals surface area contributed by atoms with E-state index in [1.54, 1.807) is 0 Å². The van der Waals surface area contributed by atoms with Gasteiger partial charge in [-0.2, -0.15) is 0 Å². The maximum absolute atomic E-state index is 4.09. The third kappa shape index (κ3) is 3.30. The van der Waals surface area contributed by atoms with Crippen LogP contribution < -0.4 is 5.32 Å². The fourth-order valence-corrected chi connectivity index (χ4v) is 2.96. The molecule has 0 aliphatic heterocycles. The van der Waals surface area contributed by atoms with Gasteiger partial charge in [0, 0.05) is 11.5 Å². The van der Waals surface area contributed by atoms with E-state index in [2.05, 4.69) is 79.5 Å². The number of halogens is 2. The molecule has 0 spiro atoms. The Morgan fingerprint density at radius 2 is 2.10 bits per heavy atom. The topological polar surface area (TPSA) is 42.7 Å². The average Bonchev–Trinajstić information content (AvgIpc) is 2.75. The summed E-state index contributed by atoms with van der Waals surface area (Å²) in [6.45, 7) is 5.20. The Labute approximate surface area is 136 Å². The number of nitrogens with one attached hydrogen (secondary N) is 1. The number of nitrogens with zero attached hydrogens (tertiary/aromatic N) is 3. The fraction of sp³-hybridized carbons (Fsp3) is 0.429. The second-order valence-corrected chi connectivity index (χ2v) is 6.39. The van der Waals surface area contributed by atoms with E-state index in [0.29, 0.717) is 0 Å². The van der Waals surface area contributed by atoms with E-state index in [0.717, 1.165) is 27.7 Å². The van der Waals surface area contributed by atoms with Crippen molar-refractivity contribution >= 4 is 31.9 Å². The van der Waals surface area contributed by atoms with Crippen LogP contribution in [0.5, 0.6) is 0 Å². The molecule has 1 N–H and O–H groups in total. The van der Waals surface area contributed by atoms with Crippen LogP contribution in [-0.4, -0.2) is 21.5 Å². The van der Waals surface area contributed by atoms with Gasteiger partial charge >= 0.3 is 0 Å². The minimum atomic E-state index is 0.0797. The Balaban J connectivity index is 2.44. The lowest BCUT2D eigenvalue weighted by Crippen LogP contribution is -2.25. The predicted molar refractivity (Wildman–Crippen MR) is 87.7 cm³/mol. The second-order valence-electron chi connectivity index (χ2n) is 4.78. The molecule has 2 rings (SSSR count). The van der Waals surface area contributed by atoms with Gasteiger partial charge in [0.15, 0.2) is 4.60 Å². The van der Waals surface area contributed by atoms with E-state index in [9.17, 15) is 0 Å². The van der Waals surface area contributed by atoms with E-state index in [1.165, 1.54) is 11.1 Å². The van der Waals surface area contributed by atoms with Crippen molar-refractivity contribution in [3.63, 3.8) is 0 Å². The van der Waals surface area contributed by atoms with Crippen LogP contribution in [0, 0.1) is 6.92 Å². The van der Waals surface area contributed by atoms with E-state index >= 15 is 0 Å². The third-order valence-corrected chi connectivity index (χ3v) is 4.67. The number of hydrogen-bond donors (Lipinski definition) is 1. The average molecular weight is 402 g/mol. The highest BCUT2D eigenvalue weighted by Crippen LogP contribution is 2.29. The molecule has 0 aliphatic rings. The molecular formula is C14H18Br2N4. The number of hydrogen-bond acceptors (Lipinski definition) is 3. The number of benzene rings is 1. The Morgan fingerprint density at radius 1 is 1.35 bits per heavy atom. The van der Waals surface area contributed by atoms with Crippen molar-refractivity contribution in [2.24, 2.45) is 7.05 Å². The zero-order chi connectivity index (χ0) is 14.7. The summed E-state index contributed by atoms with van der Waals surface area (Å²) in [5.74, 6) is 0. The summed E-state index contributed by atoms with van der Waals surface area (Å²) in [4.78, 5) is 0. The van der Waals surface area contributed by atoms with Crippen molar-refractivity contribution in [1.29, 1.82) is 0 Å². The van der Waals surface area contributed by atoms with Crippen LogP contribution in [0.2, 0.25) is 0 Å². The summed E-state index contributed by atoms with van der Waals surface area (Å²) in [6, 6.07) is 6.49. The van der Waals surface area contributed by atoms with Gasteiger partial charge in [0.25, 0.3) is 0 Å². The van der Waals surface area contributed by atoms with Crippen LogP contribution >= 0.6 is 31.9 Å². The SMILES string of the molecule is CCCNC(c1ccc(Br)c(C)c1)c1c(Br)nnn1C. The summed E-state index contributed by atoms with van der Waals surface area (Å²) >= 11 is 7.05. The van der Waals surface area contributed by atoms with Gasteiger partial charge in [-0.3, -0.25) is 0 Å². The molecule has 1 atom stereocenters. The lowest BCUT2D eigenvalue weighted by molar-refractivity contribution is 0.549. The summed E-state index contributed by atoms with van der Waals surface area (Å²) in [6.07, 6.45) is 1.08. The van der Waals surface area contributed by atoms with Crippen molar-refractivity contribution in [2.45, 2.75) is 26.3 Å². The molecule has 1 heterocycles. The Morgan fingerprint density at radius 3 is 2.65 bits per heavy atom. The molecule has 6 heteroatoms. The van der Waals surface area contributed by atoms with Crippen molar-refractivity contribution < 1.29 is 0 Å². The smallest absolute Gasteiger partial charge is 0.153 e. The van der Waals surface area contributed by atoms with Gasteiger partial charge in [0.1, 0.15) is 0 Å². The summed E-state index contributed by atoms with van der Waals surface area (Å²) in [5, 5.41) is 11.7. The molecule has 0 bridgehead atoms. The maximum Gasteiger partial charge on any atom is 0.153 e. The van der Waals surface area contributed by atoms with E-state index in [1.807, 2.05) is 11.7 Å². The molecule has 1 unspecified atom stereocenters. The van der Waals surface area contributed by atoms with Crippen LogP contribution in [0.4, 0.5) is 0 Å².